The SMILES string of the molecule is COc1cc2ncccc2cc1-c1cnc(C(C)C)c(O)c1. The molecule has 0 aliphatic carbocycles. The second-order valence-electron chi connectivity index (χ2n) is 5.53. The molecule has 3 rings (SSSR count). The summed E-state index contributed by atoms with van der Waals surface area (Å²) in [5.41, 5.74) is 3.29. The predicted octanol–water partition coefficient (Wildman–Crippen LogP) is 4.13. The van der Waals surface area contributed by atoms with E-state index in [2.05, 4.69) is 9.97 Å². The maximum Gasteiger partial charge on any atom is 0.137 e. The largest absolute Gasteiger partial charge is 0.506 e. The van der Waals surface area contributed by atoms with Crippen molar-refractivity contribution in [1.29, 1.82) is 0 Å². The summed E-state index contributed by atoms with van der Waals surface area (Å²) in [6.07, 6.45) is 3.53. The van der Waals surface area contributed by atoms with Crippen molar-refractivity contribution in [3.8, 4) is 22.6 Å². The average molecular weight is 294 g/mol. The van der Waals surface area contributed by atoms with Crippen molar-refractivity contribution in [1.82, 2.24) is 9.97 Å². The summed E-state index contributed by atoms with van der Waals surface area (Å²) in [7, 11) is 1.63. The number of ether oxygens (including phenoxy) is 1. The first kappa shape index (κ1) is 14.3. The Morgan fingerprint density at radius 3 is 2.64 bits per heavy atom. The molecule has 0 unspecified atom stereocenters. The molecular weight excluding hydrogens is 276 g/mol. The van der Waals surface area contributed by atoms with Crippen LogP contribution in [-0.4, -0.2) is 22.2 Å². The molecule has 0 aliphatic rings. The summed E-state index contributed by atoms with van der Waals surface area (Å²) in [6.45, 7) is 4.01. The fourth-order valence-corrected chi connectivity index (χ4v) is 2.55. The zero-order valence-corrected chi connectivity index (χ0v) is 12.9. The van der Waals surface area contributed by atoms with Gasteiger partial charge in [-0.05, 0) is 24.1 Å². The molecule has 0 atom stereocenters. The van der Waals surface area contributed by atoms with Crippen LogP contribution in [0.5, 0.6) is 11.5 Å². The van der Waals surface area contributed by atoms with Crippen LogP contribution in [-0.2, 0) is 0 Å². The first-order valence-electron chi connectivity index (χ1n) is 7.22. The van der Waals surface area contributed by atoms with Gasteiger partial charge in [0.15, 0.2) is 0 Å². The monoisotopic (exact) mass is 294 g/mol. The molecule has 112 valence electrons. The Hall–Kier alpha value is -2.62. The van der Waals surface area contributed by atoms with Crippen LogP contribution in [0.25, 0.3) is 22.0 Å². The van der Waals surface area contributed by atoms with Gasteiger partial charge in [-0.3, -0.25) is 9.97 Å². The number of nitrogens with zero attached hydrogens (tertiary/aromatic N) is 2. The van der Waals surface area contributed by atoms with E-state index in [9.17, 15) is 5.11 Å². The Labute approximate surface area is 129 Å². The molecule has 2 aromatic heterocycles. The molecule has 4 nitrogen and oxygen atoms in total. The summed E-state index contributed by atoms with van der Waals surface area (Å²) < 4.78 is 5.48. The molecule has 0 fully saturated rings. The molecular formula is C18H18N2O2. The lowest BCUT2D eigenvalue weighted by atomic mass is 10.0. The third kappa shape index (κ3) is 2.48. The molecule has 0 radical (unpaired) electrons. The fourth-order valence-electron chi connectivity index (χ4n) is 2.55. The van der Waals surface area contributed by atoms with Crippen LogP contribution in [0.1, 0.15) is 25.5 Å². The maximum atomic E-state index is 10.2. The molecule has 1 aromatic carbocycles. The molecule has 0 amide bonds. The molecule has 3 aromatic rings. The molecule has 22 heavy (non-hydrogen) atoms. The summed E-state index contributed by atoms with van der Waals surface area (Å²) >= 11 is 0. The lowest BCUT2D eigenvalue weighted by molar-refractivity contribution is 0.417. The highest BCUT2D eigenvalue weighted by Gasteiger charge is 2.13. The standard InChI is InChI=1S/C18H18N2O2/c1-11(2)18-16(21)8-13(10-20-18)14-7-12-5-4-6-19-15(12)9-17(14)22-3/h4-11,21H,1-3H3. The Morgan fingerprint density at radius 2 is 1.95 bits per heavy atom. The first-order valence-corrected chi connectivity index (χ1v) is 7.22. The van der Waals surface area contributed by atoms with Crippen LogP contribution in [0.2, 0.25) is 0 Å². The quantitative estimate of drug-likeness (QED) is 0.789. The van der Waals surface area contributed by atoms with Crippen molar-refractivity contribution < 1.29 is 9.84 Å². The topological polar surface area (TPSA) is 55.2 Å². The van der Waals surface area contributed by atoms with Crippen molar-refractivity contribution >= 4 is 10.9 Å². The van der Waals surface area contributed by atoms with E-state index >= 15 is 0 Å². The Morgan fingerprint density at radius 1 is 1.14 bits per heavy atom. The third-order valence-electron chi connectivity index (χ3n) is 3.68. The van der Waals surface area contributed by atoms with Gasteiger partial charge in [-0.2, -0.15) is 0 Å². The van der Waals surface area contributed by atoms with E-state index in [1.54, 1.807) is 25.6 Å². The van der Waals surface area contributed by atoms with Crippen molar-refractivity contribution in [3.63, 3.8) is 0 Å². The molecule has 1 N–H and O–H groups in total. The van der Waals surface area contributed by atoms with E-state index in [-0.39, 0.29) is 11.7 Å². The van der Waals surface area contributed by atoms with E-state index in [4.69, 9.17) is 4.74 Å². The van der Waals surface area contributed by atoms with Crippen molar-refractivity contribution in [3.05, 3.63) is 48.4 Å². The summed E-state index contributed by atoms with van der Waals surface area (Å²) in [4.78, 5) is 8.72. The van der Waals surface area contributed by atoms with Crippen molar-refractivity contribution in [2.75, 3.05) is 7.11 Å². The van der Waals surface area contributed by atoms with Crippen LogP contribution < -0.4 is 4.74 Å². The predicted molar refractivity (Wildman–Crippen MR) is 87.3 cm³/mol. The minimum Gasteiger partial charge on any atom is -0.506 e. The van der Waals surface area contributed by atoms with Gasteiger partial charge in [0.2, 0.25) is 0 Å². The highest BCUT2D eigenvalue weighted by atomic mass is 16.5. The first-order chi connectivity index (χ1) is 10.6. The number of hydrogen-bond donors (Lipinski definition) is 1. The van der Waals surface area contributed by atoms with Gasteiger partial charge < -0.3 is 9.84 Å². The maximum absolute atomic E-state index is 10.2. The highest BCUT2D eigenvalue weighted by molar-refractivity contribution is 5.88. The third-order valence-corrected chi connectivity index (χ3v) is 3.68. The number of rotatable bonds is 3. The van der Waals surface area contributed by atoms with Gasteiger partial charge in [-0.15, -0.1) is 0 Å². The lowest BCUT2D eigenvalue weighted by Gasteiger charge is -2.12. The average Bonchev–Trinajstić information content (AvgIpc) is 2.53. The number of fused-ring (bicyclic) bond motifs is 1. The molecule has 0 spiro atoms. The van der Waals surface area contributed by atoms with Gasteiger partial charge in [-0.1, -0.05) is 19.9 Å². The number of aromatic nitrogens is 2. The number of pyridine rings is 2. The summed E-state index contributed by atoms with van der Waals surface area (Å²) in [6, 6.07) is 9.55. The van der Waals surface area contributed by atoms with Crippen LogP contribution in [0, 0.1) is 0 Å². The fraction of sp³-hybridized carbons (Fsp3) is 0.222. The van der Waals surface area contributed by atoms with Gasteiger partial charge in [0.25, 0.3) is 0 Å². The Bertz CT molecular complexity index is 828. The van der Waals surface area contributed by atoms with Crippen LogP contribution in [0.15, 0.2) is 42.7 Å². The summed E-state index contributed by atoms with van der Waals surface area (Å²) in [5.74, 6) is 1.10. The normalized spacial score (nSPS) is 11.1. The van der Waals surface area contributed by atoms with Gasteiger partial charge in [0.05, 0.1) is 18.3 Å². The number of aromatic hydroxyl groups is 1. The van der Waals surface area contributed by atoms with Crippen LogP contribution in [0.3, 0.4) is 0 Å². The van der Waals surface area contributed by atoms with E-state index in [0.29, 0.717) is 11.4 Å². The van der Waals surface area contributed by atoms with Crippen LogP contribution in [0.4, 0.5) is 0 Å². The van der Waals surface area contributed by atoms with Crippen molar-refractivity contribution in [2.24, 2.45) is 0 Å². The smallest absolute Gasteiger partial charge is 0.137 e. The van der Waals surface area contributed by atoms with Crippen molar-refractivity contribution in [2.45, 2.75) is 19.8 Å². The van der Waals surface area contributed by atoms with Gasteiger partial charge >= 0.3 is 0 Å². The minimum atomic E-state index is 0.178. The number of hydrogen-bond acceptors (Lipinski definition) is 4. The van der Waals surface area contributed by atoms with E-state index < -0.39 is 0 Å². The Kier molecular flexibility index (Phi) is 3.67. The molecule has 0 bridgehead atoms. The zero-order valence-electron chi connectivity index (χ0n) is 12.9. The number of benzene rings is 1. The van der Waals surface area contributed by atoms with E-state index in [0.717, 1.165) is 22.0 Å². The van der Waals surface area contributed by atoms with E-state index in [1.807, 2.05) is 38.1 Å². The molecule has 0 saturated carbocycles. The molecule has 0 aliphatic heterocycles. The number of methoxy groups -OCH3 is 1. The molecule has 4 heteroatoms. The minimum absolute atomic E-state index is 0.178. The second-order valence-corrected chi connectivity index (χ2v) is 5.53. The second kappa shape index (κ2) is 5.64. The Balaban J connectivity index is 2.18. The zero-order chi connectivity index (χ0) is 15.7. The molecule has 2 heterocycles. The van der Waals surface area contributed by atoms with Gasteiger partial charge in [0.1, 0.15) is 11.5 Å². The van der Waals surface area contributed by atoms with Gasteiger partial charge in [0, 0.05) is 35.0 Å². The molecule has 0 saturated heterocycles. The lowest BCUT2D eigenvalue weighted by Crippen LogP contribution is -1.95. The van der Waals surface area contributed by atoms with Gasteiger partial charge in [-0.25, -0.2) is 0 Å². The summed E-state index contributed by atoms with van der Waals surface area (Å²) in [5, 5.41) is 11.2. The highest BCUT2D eigenvalue weighted by Crippen LogP contribution is 2.36. The van der Waals surface area contributed by atoms with Crippen LogP contribution >= 0.6 is 0 Å². The van der Waals surface area contributed by atoms with E-state index in [1.165, 1.54) is 0 Å².